The SMILES string of the molecule is CCCN(CCC)S(=O)(=O)c1ccc2nc(NC(=O)c3ccccc3C)sc2c1. The lowest BCUT2D eigenvalue weighted by molar-refractivity contribution is 0.102. The predicted molar refractivity (Wildman–Crippen MR) is 118 cm³/mol. The van der Waals surface area contributed by atoms with Gasteiger partial charge in [0.15, 0.2) is 5.13 Å². The second-order valence-electron chi connectivity index (χ2n) is 6.82. The summed E-state index contributed by atoms with van der Waals surface area (Å²) in [6, 6.07) is 12.3. The summed E-state index contributed by atoms with van der Waals surface area (Å²) in [7, 11) is -3.55. The van der Waals surface area contributed by atoms with Gasteiger partial charge in [0.2, 0.25) is 10.0 Å². The highest BCUT2D eigenvalue weighted by Crippen LogP contribution is 2.29. The summed E-state index contributed by atoms with van der Waals surface area (Å²) in [5.74, 6) is -0.230. The van der Waals surface area contributed by atoms with Crippen LogP contribution in [0.5, 0.6) is 0 Å². The van der Waals surface area contributed by atoms with E-state index in [-0.39, 0.29) is 10.8 Å². The topological polar surface area (TPSA) is 79.4 Å². The van der Waals surface area contributed by atoms with Crippen LogP contribution < -0.4 is 5.32 Å². The first-order chi connectivity index (χ1) is 13.9. The highest BCUT2D eigenvalue weighted by Gasteiger charge is 2.24. The molecule has 8 heteroatoms. The third-order valence-corrected chi connectivity index (χ3v) is 7.38. The van der Waals surface area contributed by atoms with Gasteiger partial charge in [-0.05, 0) is 49.6 Å². The molecule has 0 radical (unpaired) electrons. The zero-order valence-corrected chi connectivity index (χ0v) is 18.4. The number of nitrogens with zero attached hydrogens (tertiary/aromatic N) is 2. The molecule has 0 saturated carbocycles. The Morgan fingerprint density at radius 1 is 1.10 bits per heavy atom. The van der Waals surface area contributed by atoms with E-state index in [4.69, 9.17) is 0 Å². The number of amides is 1. The Kier molecular flexibility index (Phi) is 6.66. The van der Waals surface area contributed by atoms with Crippen molar-refractivity contribution in [1.29, 1.82) is 0 Å². The van der Waals surface area contributed by atoms with E-state index >= 15 is 0 Å². The number of aromatic nitrogens is 1. The maximum absolute atomic E-state index is 13.0. The first-order valence-electron chi connectivity index (χ1n) is 9.64. The molecule has 0 spiro atoms. The molecular formula is C21H25N3O3S2. The van der Waals surface area contributed by atoms with E-state index in [0.717, 1.165) is 23.1 Å². The summed E-state index contributed by atoms with van der Waals surface area (Å²) in [6.45, 7) is 6.80. The quantitative estimate of drug-likeness (QED) is 0.562. The summed E-state index contributed by atoms with van der Waals surface area (Å²) >= 11 is 1.27. The van der Waals surface area contributed by atoms with E-state index in [1.165, 1.54) is 15.6 Å². The zero-order valence-electron chi connectivity index (χ0n) is 16.8. The molecule has 0 unspecified atom stereocenters. The van der Waals surface area contributed by atoms with Crippen LogP contribution in [0.2, 0.25) is 0 Å². The molecule has 3 aromatic rings. The van der Waals surface area contributed by atoms with Gasteiger partial charge >= 0.3 is 0 Å². The molecule has 2 aromatic carbocycles. The van der Waals surface area contributed by atoms with Crippen molar-refractivity contribution in [3.63, 3.8) is 0 Å². The van der Waals surface area contributed by atoms with Gasteiger partial charge in [-0.25, -0.2) is 13.4 Å². The minimum absolute atomic E-state index is 0.230. The Morgan fingerprint density at radius 2 is 1.79 bits per heavy atom. The van der Waals surface area contributed by atoms with Crippen LogP contribution in [0.15, 0.2) is 47.4 Å². The molecule has 6 nitrogen and oxygen atoms in total. The number of hydrogen-bond acceptors (Lipinski definition) is 5. The summed E-state index contributed by atoms with van der Waals surface area (Å²) in [4.78, 5) is 17.2. The molecule has 1 amide bonds. The highest BCUT2D eigenvalue weighted by molar-refractivity contribution is 7.89. The van der Waals surface area contributed by atoms with E-state index in [2.05, 4.69) is 10.3 Å². The summed E-state index contributed by atoms with van der Waals surface area (Å²) < 4.78 is 28.3. The van der Waals surface area contributed by atoms with Crippen LogP contribution in [0.1, 0.15) is 42.6 Å². The Bertz CT molecular complexity index is 1120. The minimum atomic E-state index is -3.55. The van der Waals surface area contributed by atoms with Crippen molar-refractivity contribution in [2.45, 2.75) is 38.5 Å². The standard InChI is InChI=1S/C21H25N3O3S2/c1-4-12-24(13-5-2)29(26,27)16-10-11-18-19(14-16)28-21(22-18)23-20(25)17-9-7-6-8-15(17)3/h6-11,14H,4-5,12-13H2,1-3H3,(H,22,23,25). The van der Waals surface area contributed by atoms with Gasteiger partial charge in [0.05, 0.1) is 15.1 Å². The molecule has 1 aromatic heterocycles. The van der Waals surface area contributed by atoms with Crippen LogP contribution in [0.3, 0.4) is 0 Å². The number of anilines is 1. The van der Waals surface area contributed by atoms with Crippen LogP contribution in [0.4, 0.5) is 5.13 Å². The van der Waals surface area contributed by atoms with Crippen molar-refractivity contribution >= 4 is 42.6 Å². The van der Waals surface area contributed by atoms with Crippen LogP contribution in [-0.4, -0.2) is 36.7 Å². The molecule has 0 atom stereocenters. The number of hydrogen-bond donors (Lipinski definition) is 1. The average molecular weight is 432 g/mol. The Morgan fingerprint density at radius 3 is 2.45 bits per heavy atom. The van der Waals surface area contributed by atoms with Crippen molar-refractivity contribution < 1.29 is 13.2 Å². The number of benzene rings is 2. The molecular weight excluding hydrogens is 406 g/mol. The van der Waals surface area contributed by atoms with Crippen molar-refractivity contribution in [2.75, 3.05) is 18.4 Å². The molecule has 1 N–H and O–H groups in total. The molecule has 0 aliphatic heterocycles. The number of sulfonamides is 1. The number of carbonyl (C=O) groups is 1. The fraction of sp³-hybridized carbons (Fsp3) is 0.333. The number of nitrogens with one attached hydrogen (secondary N) is 1. The molecule has 1 heterocycles. The lowest BCUT2D eigenvalue weighted by Crippen LogP contribution is -2.32. The summed E-state index contributed by atoms with van der Waals surface area (Å²) in [5.41, 5.74) is 2.13. The molecule has 0 saturated heterocycles. The predicted octanol–water partition coefficient (Wildman–Crippen LogP) is 4.67. The Hall–Kier alpha value is -2.29. The number of rotatable bonds is 8. The second-order valence-corrected chi connectivity index (χ2v) is 9.79. The van der Waals surface area contributed by atoms with Gasteiger partial charge in [0.25, 0.3) is 5.91 Å². The first-order valence-corrected chi connectivity index (χ1v) is 11.9. The smallest absolute Gasteiger partial charge is 0.257 e. The normalized spacial score (nSPS) is 11.9. The van der Waals surface area contributed by atoms with E-state index < -0.39 is 10.0 Å². The largest absolute Gasteiger partial charge is 0.298 e. The highest BCUT2D eigenvalue weighted by atomic mass is 32.2. The second kappa shape index (κ2) is 9.02. The first kappa shape index (κ1) is 21.4. The molecule has 29 heavy (non-hydrogen) atoms. The third kappa shape index (κ3) is 4.66. The van der Waals surface area contributed by atoms with Gasteiger partial charge in [0, 0.05) is 18.7 Å². The monoisotopic (exact) mass is 431 g/mol. The zero-order chi connectivity index (χ0) is 21.0. The number of aryl methyl sites for hydroxylation is 1. The van der Waals surface area contributed by atoms with Crippen LogP contribution >= 0.6 is 11.3 Å². The molecule has 0 aliphatic rings. The maximum Gasteiger partial charge on any atom is 0.257 e. The number of fused-ring (bicyclic) bond motifs is 1. The van der Waals surface area contributed by atoms with Crippen LogP contribution in [0.25, 0.3) is 10.2 Å². The molecule has 3 rings (SSSR count). The van der Waals surface area contributed by atoms with E-state index in [1.807, 2.05) is 39.0 Å². The lowest BCUT2D eigenvalue weighted by atomic mass is 10.1. The van der Waals surface area contributed by atoms with Crippen molar-refractivity contribution in [3.05, 3.63) is 53.6 Å². The van der Waals surface area contributed by atoms with E-state index in [1.54, 1.807) is 24.3 Å². The molecule has 0 aliphatic carbocycles. The van der Waals surface area contributed by atoms with Crippen LogP contribution in [0, 0.1) is 6.92 Å². The van der Waals surface area contributed by atoms with E-state index in [0.29, 0.717) is 29.3 Å². The fourth-order valence-electron chi connectivity index (χ4n) is 3.11. The molecule has 0 bridgehead atoms. The van der Waals surface area contributed by atoms with E-state index in [9.17, 15) is 13.2 Å². The van der Waals surface area contributed by atoms with Crippen molar-refractivity contribution in [3.8, 4) is 0 Å². The Labute approximate surface area is 175 Å². The van der Waals surface area contributed by atoms with Crippen molar-refractivity contribution in [1.82, 2.24) is 9.29 Å². The van der Waals surface area contributed by atoms with Gasteiger partial charge in [-0.1, -0.05) is 43.4 Å². The number of carbonyl (C=O) groups excluding carboxylic acids is 1. The fourth-order valence-corrected chi connectivity index (χ4v) is 5.74. The lowest BCUT2D eigenvalue weighted by Gasteiger charge is -2.20. The van der Waals surface area contributed by atoms with Gasteiger partial charge in [0.1, 0.15) is 0 Å². The summed E-state index contributed by atoms with van der Waals surface area (Å²) in [5, 5.41) is 3.26. The van der Waals surface area contributed by atoms with Crippen LogP contribution in [-0.2, 0) is 10.0 Å². The van der Waals surface area contributed by atoms with Gasteiger partial charge in [-0.15, -0.1) is 0 Å². The Balaban J connectivity index is 1.88. The van der Waals surface area contributed by atoms with Gasteiger partial charge < -0.3 is 0 Å². The summed E-state index contributed by atoms with van der Waals surface area (Å²) in [6.07, 6.45) is 1.52. The number of thiazole rings is 1. The van der Waals surface area contributed by atoms with Gasteiger partial charge in [-0.2, -0.15) is 4.31 Å². The van der Waals surface area contributed by atoms with Crippen molar-refractivity contribution in [2.24, 2.45) is 0 Å². The molecule has 154 valence electrons. The maximum atomic E-state index is 13.0. The third-order valence-electron chi connectivity index (χ3n) is 4.55. The minimum Gasteiger partial charge on any atom is -0.298 e. The average Bonchev–Trinajstić information content (AvgIpc) is 3.09. The van der Waals surface area contributed by atoms with Gasteiger partial charge in [-0.3, -0.25) is 10.1 Å². The molecule has 0 fully saturated rings.